The first kappa shape index (κ1) is 18.2. The lowest BCUT2D eigenvalue weighted by Crippen LogP contribution is -2.49. The van der Waals surface area contributed by atoms with Crippen LogP contribution in [0.1, 0.15) is 28.8 Å². The lowest BCUT2D eigenvalue weighted by atomic mass is 9.72. The number of hydrogen-bond donors (Lipinski definition) is 0. The van der Waals surface area contributed by atoms with E-state index in [0.717, 1.165) is 11.1 Å². The Hall–Kier alpha value is -3.22. The number of esters is 1. The highest BCUT2D eigenvalue weighted by molar-refractivity contribution is 5.97. The second kappa shape index (κ2) is 7.07. The molecule has 1 aliphatic heterocycles. The zero-order valence-corrected chi connectivity index (χ0v) is 16.0. The minimum Gasteiger partial charge on any atom is -0.468 e. The predicted octanol–water partition coefficient (Wildman–Crippen LogP) is 2.32. The molecule has 7 nitrogen and oxygen atoms in total. The monoisotopic (exact) mass is 378 g/mol. The molecule has 0 unspecified atom stereocenters. The van der Waals surface area contributed by atoms with Crippen molar-refractivity contribution >= 4 is 22.9 Å². The fourth-order valence-corrected chi connectivity index (χ4v) is 4.01. The number of carbonyl (C=O) groups excluding carboxylic acids is 2. The van der Waals surface area contributed by atoms with Gasteiger partial charge in [0.25, 0.3) is 5.91 Å². The summed E-state index contributed by atoms with van der Waals surface area (Å²) in [4.78, 5) is 27.4. The molecule has 144 valence electrons. The Morgan fingerprint density at radius 2 is 1.79 bits per heavy atom. The van der Waals surface area contributed by atoms with Crippen molar-refractivity contribution in [3.8, 4) is 0 Å². The molecule has 0 spiro atoms. The van der Waals surface area contributed by atoms with Crippen LogP contribution < -0.4 is 0 Å². The average molecular weight is 378 g/mol. The molecule has 1 saturated heterocycles. The summed E-state index contributed by atoms with van der Waals surface area (Å²) in [7, 11) is 3.23. The van der Waals surface area contributed by atoms with Crippen molar-refractivity contribution in [2.24, 2.45) is 7.05 Å². The van der Waals surface area contributed by atoms with Gasteiger partial charge in [0, 0.05) is 25.7 Å². The number of fused-ring (bicyclic) bond motifs is 1. The summed E-state index contributed by atoms with van der Waals surface area (Å²) >= 11 is 0. The molecule has 0 bridgehead atoms. The Morgan fingerprint density at radius 1 is 1.07 bits per heavy atom. The van der Waals surface area contributed by atoms with Crippen LogP contribution in [0.5, 0.6) is 0 Å². The number of methoxy groups -OCH3 is 1. The van der Waals surface area contributed by atoms with Gasteiger partial charge in [0.15, 0.2) is 0 Å². The molecule has 0 aliphatic carbocycles. The lowest BCUT2D eigenvalue weighted by Gasteiger charge is -2.40. The van der Waals surface area contributed by atoms with Gasteiger partial charge in [0.2, 0.25) is 0 Å². The van der Waals surface area contributed by atoms with Crippen molar-refractivity contribution in [2.75, 3.05) is 20.2 Å². The van der Waals surface area contributed by atoms with Gasteiger partial charge >= 0.3 is 5.97 Å². The molecule has 0 radical (unpaired) electrons. The third-order valence-corrected chi connectivity index (χ3v) is 5.66. The zero-order valence-electron chi connectivity index (χ0n) is 16.0. The van der Waals surface area contributed by atoms with Crippen molar-refractivity contribution in [2.45, 2.75) is 18.3 Å². The second-order valence-electron chi connectivity index (χ2n) is 7.15. The Bertz CT molecular complexity index is 1020. The van der Waals surface area contributed by atoms with Gasteiger partial charge in [-0.15, -0.1) is 5.10 Å². The maximum Gasteiger partial charge on any atom is 0.316 e. The fourth-order valence-electron chi connectivity index (χ4n) is 4.01. The number of aryl methyl sites for hydroxylation is 1. The molecule has 1 aromatic heterocycles. The number of likely N-dealkylation sites (tertiary alicyclic amines) is 1. The molecule has 28 heavy (non-hydrogen) atoms. The summed E-state index contributed by atoms with van der Waals surface area (Å²) in [6, 6.07) is 15.1. The molecule has 4 rings (SSSR count). The number of aromatic nitrogens is 3. The van der Waals surface area contributed by atoms with E-state index >= 15 is 0 Å². The number of nitrogens with zero attached hydrogens (tertiary/aromatic N) is 4. The molecule has 2 aromatic carbocycles. The van der Waals surface area contributed by atoms with Gasteiger partial charge in [-0.2, -0.15) is 0 Å². The maximum atomic E-state index is 13.0. The highest BCUT2D eigenvalue weighted by Gasteiger charge is 2.44. The molecule has 1 aliphatic rings. The van der Waals surface area contributed by atoms with Crippen LogP contribution in [0.25, 0.3) is 11.0 Å². The minimum atomic E-state index is -0.707. The van der Waals surface area contributed by atoms with Gasteiger partial charge < -0.3 is 9.64 Å². The van der Waals surface area contributed by atoms with E-state index in [1.54, 1.807) is 21.7 Å². The molecule has 1 fully saturated rings. The molecule has 1 amide bonds. The smallest absolute Gasteiger partial charge is 0.316 e. The molecule has 0 atom stereocenters. The minimum absolute atomic E-state index is 0.0564. The van der Waals surface area contributed by atoms with E-state index in [9.17, 15) is 9.59 Å². The van der Waals surface area contributed by atoms with Gasteiger partial charge in [-0.25, -0.2) is 4.68 Å². The predicted molar refractivity (Wildman–Crippen MR) is 104 cm³/mol. The number of carbonyl (C=O) groups is 2. The Balaban J connectivity index is 1.56. The molecule has 0 saturated carbocycles. The van der Waals surface area contributed by atoms with Crippen molar-refractivity contribution in [1.82, 2.24) is 19.9 Å². The first-order valence-electron chi connectivity index (χ1n) is 9.28. The summed E-state index contributed by atoms with van der Waals surface area (Å²) in [5, 5.41) is 8.06. The van der Waals surface area contributed by atoms with Crippen molar-refractivity contribution in [1.29, 1.82) is 0 Å². The Morgan fingerprint density at radius 3 is 2.46 bits per heavy atom. The van der Waals surface area contributed by atoms with Crippen LogP contribution in [0.3, 0.4) is 0 Å². The Labute approximate surface area is 162 Å². The first-order valence-corrected chi connectivity index (χ1v) is 9.28. The number of rotatable bonds is 3. The SMILES string of the molecule is COC(=O)C1(c2ccccc2)CCN(C(=O)c2ccc3c(c2)nnn3C)CC1. The molecular weight excluding hydrogens is 356 g/mol. The number of piperidine rings is 1. The highest BCUT2D eigenvalue weighted by Crippen LogP contribution is 2.37. The number of benzene rings is 2. The third-order valence-electron chi connectivity index (χ3n) is 5.66. The van der Waals surface area contributed by atoms with Crippen molar-refractivity contribution < 1.29 is 14.3 Å². The third kappa shape index (κ3) is 2.93. The molecule has 3 aromatic rings. The summed E-state index contributed by atoms with van der Waals surface area (Å²) < 4.78 is 6.79. The van der Waals surface area contributed by atoms with Crippen molar-refractivity contribution in [3.05, 3.63) is 59.7 Å². The summed E-state index contributed by atoms with van der Waals surface area (Å²) in [6.07, 6.45) is 1.06. The topological polar surface area (TPSA) is 77.3 Å². The largest absolute Gasteiger partial charge is 0.468 e. The molecule has 0 N–H and O–H groups in total. The fraction of sp³-hybridized carbons (Fsp3) is 0.333. The van der Waals surface area contributed by atoms with E-state index in [1.165, 1.54) is 7.11 Å². The van der Waals surface area contributed by atoms with Crippen LogP contribution in [-0.2, 0) is 22.0 Å². The summed E-state index contributed by atoms with van der Waals surface area (Å²) in [5.74, 6) is -0.300. The van der Waals surface area contributed by atoms with E-state index in [4.69, 9.17) is 4.74 Å². The van der Waals surface area contributed by atoms with Crippen LogP contribution >= 0.6 is 0 Å². The van der Waals surface area contributed by atoms with E-state index in [2.05, 4.69) is 10.3 Å². The normalized spacial score (nSPS) is 16.1. The van der Waals surface area contributed by atoms with Crippen LogP contribution in [0.4, 0.5) is 0 Å². The second-order valence-corrected chi connectivity index (χ2v) is 7.15. The van der Waals surface area contributed by atoms with Crippen LogP contribution in [0.2, 0.25) is 0 Å². The van der Waals surface area contributed by atoms with E-state index < -0.39 is 5.41 Å². The van der Waals surface area contributed by atoms with Gasteiger partial charge in [0.1, 0.15) is 5.52 Å². The lowest BCUT2D eigenvalue weighted by molar-refractivity contribution is -0.149. The van der Waals surface area contributed by atoms with Gasteiger partial charge in [-0.3, -0.25) is 9.59 Å². The zero-order chi connectivity index (χ0) is 19.7. The van der Waals surface area contributed by atoms with Gasteiger partial charge in [0.05, 0.1) is 18.0 Å². The number of amides is 1. The molecule has 2 heterocycles. The average Bonchev–Trinajstić information content (AvgIpc) is 3.13. The number of ether oxygens (including phenoxy) is 1. The molecule has 7 heteroatoms. The standard InChI is InChI=1S/C21H22N4O3/c1-24-18-9-8-15(14-17(18)22-23-24)19(26)25-12-10-21(11-13-25,20(27)28-2)16-6-4-3-5-7-16/h3-9,14H,10-13H2,1-2H3. The number of hydrogen-bond acceptors (Lipinski definition) is 5. The molecular formula is C21H22N4O3. The van der Waals surface area contributed by atoms with Gasteiger partial charge in [-0.1, -0.05) is 35.5 Å². The quantitative estimate of drug-likeness (QED) is 0.654. The van der Waals surface area contributed by atoms with Crippen LogP contribution in [-0.4, -0.2) is 52.0 Å². The maximum absolute atomic E-state index is 13.0. The summed E-state index contributed by atoms with van der Waals surface area (Å²) in [5.41, 5.74) is 2.39. The van der Waals surface area contributed by atoms with E-state index in [0.29, 0.717) is 37.0 Å². The van der Waals surface area contributed by atoms with E-state index in [-0.39, 0.29) is 11.9 Å². The Kier molecular flexibility index (Phi) is 4.58. The van der Waals surface area contributed by atoms with Crippen molar-refractivity contribution in [3.63, 3.8) is 0 Å². The highest BCUT2D eigenvalue weighted by atomic mass is 16.5. The van der Waals surface area contributed by atoms with Crippen LogP contribution in [0, 0.1) is 0 Å². The van der Waals surface area contributed by atoms with Crippen LogP contribution in [0.15, 0.2) is 48.5 Å². The van der Waals surface area contributed by atoms with Gasteiger partial charge in [-0.05, 0) is 36.6 Å². The van der Waals surface area contributed by atoms with E-state index in [1.807, 2.05) is 43.4 Å². The first-order chi connectivity index (χ1) is 13.5. The summed E-state index contributed by atoms with van der Waals surface area (Å²) in [6.45, 7) is 0.975.